The molecule has 8 nitrogen and oxygen atoms in total. The van der Waals surface area contributed by atoms with Crippen LogP contribution in [0.25, 0.3) is 0 Å². The van der Waals surface area contributed by atoms with Crippen LogP contribution in [0, 0.1) is 6.92 Å². The number of nitrogens with one attached hydrogen (secondary N) is 1. The summed E-state index contributed by atoms with van der Waals surface area (Å²) in [5, 5.41) is 6.70. The topological polar surface area (TPSA) is 101 Å². The molecule has 1 N–H and O–H groups in total. The van der Waals surface area contributed by atoms with Gasteiger partial charge in [0.05, 0.1) is 13.1 Å². The first-order chi connectivity index (χ1) is 9.39. The number of aromatic nitrogens is 2. The third-order valence-electron chi connectivity index (χ3n) is 2.52. The second-order valence-corrected chi connectivity index (χ2v) is 6.42. The van der Waals surface area contributed by atoms with Gasteiger partial charge in [0.15, 0.2) is 5.82 Å². The maximum atomic E-state index is 11.8. The highest BCUT2D eigenvalue weighted by Gasteiger charge is 2.21. The molecule has 110 valence electrons. The molecule has 0 unspecified atom stereocenters. The maximum absolute atomic E-state index is 11.8. The van der Waals surface area contributed by atoms with Gasteiger partial charge in [-0.25, -0.2) is 12.7 Å². The van der Waals surface area contributed by atoms with Crippen molar-refractivity contribution in [2.75, 3.05) is 14.1 Å². The Morgan fingerprint density at radius 1 is 1.30 bits per heavy atom. The summed E-state index contributed by atoms with van der Waals surface area (Å²) in [6, 6.07) is 3.05. The molecular weight excluding hydrogens is 284 g/mol. The monoisotopic (exact) mass is 300 g/mol. The molecule has 0 aromatic carbocycles. The summed E-state index contributed by atoms with van der Waals surface area (Å²) in [6.45, 7) is 2.49. The molecule has 0 aliphatic rings. The summed E-state index contributed by atoms with van der Waals surface area (Å²) in [7, 11) is -0.625. The van der Waals surface area contributed by atoms with Crippen LogP contribution in [-0.2, 0) is 23.1 Å². The van der Waals surface area contributed by atoms with Crippen molar-refractivity contribution in [2.24, 2.45) is 0 Å². The van der Waals surface area contributed by atoms with Gasteiger partial charge in [-0.3, -0.25) is 0 Å². The number of furan rings is 1. The number of rotatable bonds is 6. The van der Waals surface area contributed by atoms with Crippen molar-refractivity contribution in [1.29, 1.82) is 0 Å². The fraction of sp³-hybridized carbons (Fsp3) is 0.455. The van der Waals surface area contributed by atoms with Gasteiger partial charge in [-0.2, -0.15) is 4.98 Å². The molecule has 0 saturated carbocycles. The molecule has 2 heterocycles. The van der Waals surface area contributed by atoms with E-state index in [1.165, 1.54) is 20.2 Å². The van der Waals surface area contributed by atoms with E-state index in [4.69, 9.17) is 8.94 Å². The SMILES string of the molecule is Cc1nc(CNCc2ccc(S(=O)(=O)N(C)C)o2)no1. The Hall–Kier alpha value is -1.71. The molecule has 2 rings (SSSR count). The van der Waals surface area contributed by atoms with Gasteiger partial charge >= 0.3 is 0 Å². The molecule has 0 amide bonds. The Bertz CT molecular complexity index is 674. The van der Waals surface area contributed by atoms with Gasteiger partial charge in [0.1, 0.15) is 5.76 Å². The Labute approximate surface area is 116 Å². The van der Waals surface area contributed by atoms with Crippen LogP contribution in [0.4, 0.5) is 0 Å². The van der Waals surface area contributed by atoms with Crippen LogP contribution >= 0.6 is 0 Å². The zero-order valence-corrected chi connectivity index (χ0v) is 12.3. The smallest absolute Gasteiger partial charge is 0.275 e. The molecule has 0 aliphatic heterocycles. The van der Waals surface area contributed by atoms with E-state index < -0.39 is 10.0 Å². The molecular formula is C11H16N4O4S. The molecule has 0 aliphatic carbocycles. The van der Waals surface area contributed by atoms with Gasteiger partial charge in [-0.1, -0.05) is 5.16 Å². The zero-order valence-electron chi connectivity index (χ0n) is 11.5. The predicted octanol–water partition coefficient (Wildman–Crippen LogP) is 0.511. The van der Waals surface area contributed by atoms with Crippen molar-refractivity contribution in [3.63, 3.8) is 0 Å². The lowest BCUT2D eigenvalue weighted by Crippen LogP contribution is -2.21. The average molecular weight is 300 g/mol. The molecule has 2 aromatic heterocycles. The zero-order chi connectivity index (χ0) is 14.8. The van der Waals surface area contributed by atoms with E-state index in [1.54, 1.807) is 13.0 Å². The fourth-order valence-corrected chi connectivity index (χ4v) is 2.29. The van der Waals surface area contributed by atoms with Gasteiger partial charge in [-0.05, 0) is 12.1 Å². The molecule has 0 saturated heterocycles. The average Bonchev–Trinajstić information content (AvgIpc) is 2.99. The minimum Gasteiger partial charge on any atom is -0.447 e. The number of hydrogen-bond donors (Lipinski definition) is 1. The largest absolute Gasteiger partial charge is 0.447 e. The first kappa shape index (κ1) is 14.7. The van der Waals surface area contributed by atoms with Crippen LogP contribution in [0.2, 0.25) is 0 Å². The van der Waals surface area contributed by atoms with E-state index >= 15 is 0 Å². The predicted molar refractivity (Wildman–Crippen MR) is 69.2 cm³/mol. The van der Waals surface area contributed by atoms with Crippen molar-refractivity contribution in [3.8, 4) is 0 Å². The van der Waals surface area contributed by atoms with E-state index in [9.17, 15) is 8.42 Å². The first-order valence-electron chi connectivity index (χ1n) is 5.91. The number of nitrogens with zero attached hydrogens (tertiary/aromatic N) is 3. The number of aryl methyl sites for hydroxylation is 1. The lowest BCUT2D eigenvalue weighted by atomic mass is 10.4. The Kier molecular flexibility index (Phi) is 4.21. The summed E-state index contributed by atoms with van der Waals surface area (Å²) in [4.78, 5) is 4.04. The molecule has 0 bridgehead atoms. The Morgan fingerprint density at radius 3 is 2.65 bits per heavy atom. The van der Waals surface area contributed by atoms with E-state index in [-0.39, 0.29) is 5.09 Å². The van der Waals surface area contributed by atoms with E-state index in [1.807, 2.05) is 0 Å². The standard InChI is InChI=1S/C11H16N4O4S/c1-8-13-10(14-19-8)7-12-6-9-4-5-11(18-9)20(16,17)15(2)3/h4-5,12H,6-7H2,1-3H3. The third-order valence-corrected chi connectivity index (χ3v) is 4.21. The van der Waals surface area contributed by atoms with E-state index in [0.29, 0.717) is 30.6 Å². The van der Waals surface area contributed by atoms with Crippen molar-refractivity contribution in [2.45, 2.75) is 25.1 Å². The highest BCUT2D eigenvalue weighted by Crippen LogP contribution is 2.16. The van der Waals surface area contributed by atoms with Crippen LogP contribution in [0.5, 0.6) is 0 Å². The van der Waals surface area contributed by atoms with Crippen molar-refractivity contribution in [3.05, 3.63) is 29.6 Å². The molecule has 9 heteroatoms. The van der Waals surface area contributed by atoms with Gasteiger partial charge in [-0.15, -0.1) is 0 Å². The first-order valence-corrected chi connectivity index (χ1v) is 7.35. The normalized spacial score (nSPS) is 12.2. The lowest BCUT2D eigenvalue weighted by molar-refractivity contribution is 0.378. The Morgan fingerprint density at radius 2 is 2.05 bits per heavy atom. The van der Waals surface area contributed by atoms with Crippen molar-refractivity contribution >= 4 is 10.0 Å². The van der Waals surface area contributed by atoms with Crippen molar-refractivity contribution in [1.82, 2.24) is 19.8 Å². The van der Waals surface area contributed by atoms with Gasteiger partial charge in [0.2, 0.25) is 11.0 Å². The molecule has 2 aromatic rings. The molecule has 0 radical (unpaired) electrons. The molecule has 20 heavy (non-hydrogen) atoms. The highest BCUT2D eigenvalue weighted by molar-refractivity contribution is 7.88. The van der Waals surface area contributed by atoms with Crippen LogP contribution in [0.3, 0.4) is 0 Å². The Balaban J connectivity index is 1.93. The van der Waals surface area contributed by atoms with Gasteiger partial charge in [0, 0.05) is 21.0 Å². The lowest BCUT2D eigenvalue weighted by Gasteiger charge is -2.07. The molecule has 0 spiro atoms. The number of sulfonamides is 1. The van der Waals surface area contributed by atoms with Crippen LogP contribution in [0.1, 0.15) is 17.5 Å². The van der Waals surface area contributed by atoms with Crippen LogP contribution in [0.15, 0.2) is 26.2 Å². The summed E-state index contributed by atoms with van der Waals surface area (Å²) in [6.07, 6.45) is 0. The number of hydrogen-bond acceptors (Lipinski definition) is 7. The summed E-state index contributed by atoms with van der Waals surface area (Å²) < 4.78 is 34.9. The minimum absolute atomic E-state index is 0.0743. The third kappa shape index (κ3) is 3.24. The van der Waals surface area contributed by atoms with Gasteiger partial charge < -0.3 is 14.3 Å². The summed E-state index contributed by atoms with van der Waals surface area (Å²) in [5.41, 5.74) is 0. The quantitative estimate of drug-likeness (QED) is 0.829. The molecule has 0 fully saturated rings. The second kappa shape index (κ2) is 5.73. The fourth-order valence-electron chi connectivity index (χ4n) is 1.48. The maximum Gasteiger partial charge on any atom is 0.275 e. The highest BCUT2D eigenvalue weighted by atomic mass is 32.2. The van der Waals surface area contributed by atoms with E-state index in [0.717, 1.165) is 4.31 Å². The van der Waals surface area contributed by atoms with Crippen LogP contribution < -0.4 is 5.32 Å². The second-order valence-electron chi connectivity index (χ2n) is 4.34. The van der Waals surface area contributed by atoms with Gasteiger partial charge in [0.25, 0.3) is 10.0 Å². The minimum atomic E-state index is -3.53. The van der Waals surface area contributed by atoms with Crippen LogP contribution in [-0.4, -0.2) is 37.0 Å². The van der Waals surface area contributed by atoms with E-state index in [2.05, 4.69) is 15.5 Å². The van der Waals surface area contributed by atoms with Crippen molar-refractivity contribution < 1.29 is 17.4 Å². The summed E-state index contributed by atoms with van der Waals surface area (Å²) >= 11 is 0. The summed E-state index contributed by atoms with van der Waals surface area (Å²) in [5.74, 6) is 1.56. The molecule has 0 atom stereocenters.